The largest absolute Gasteiger partial charge is 0.393 e. The van der Waals surface area contributed by atoms with Crippen LogP contribution < -0.4 is 0 Å². The molecule has 1 unspecified atom stereocenters. The number of aliphatic hydroxyl groups excluding tert-OH is 3. The Balaban J connectivity index is 1.51. The Bertz CT molecular complexity index is 1100. The second kappa shape index (κ2) is 6.55. The molecule has 3 heterocycles. The van der Waals surface area contributed by atoms with Crippen LogP contribution in [0.5, 0.6) is 0 Å². The second-order valence-electron chi connectivity index (χ2n) is 12.0. The van der Waals surface area contributed by atoms with E-state index in [1.54, 1.807) is 0 Å². The van der Waals surface area contributed by atoms with Crippen molar-refractivity contribution in [2.24, 2.45) is 23.7 Å². The molecule has 3 aliphatic carbocycles. The van der Waals surface area contributed by atoms with Gasteiger partial charge in [-0.05, 0) is 37.2 Å². The summed E-state index contributed by atoms with van der Waals surface area (Å²) in [5, 5.41) is 45.6. The summed E-state index contributed by atoms with van der Waals surface area (Å²) in [6, 6.07) is 9.48. The van der Waals surface area contributed by atoms with Crippen molar-refractivity contribution in [2.75, 3.05) is 6.61 Å². The summed E-state index contributed by atoms with van der Waals surface area (Å²) >= 11 is 0. The predicted octanol–water partition coefficient (Wildman–Crippen LogP) is 1.20. The fourth-order valence-electron chi connectivity index (χ4n) is 8.76. The van der Waals surface area contributed by atoms with Gasteiger partial charge in [0.25, 0.3) is 0 Å². The number of rotatable bonds is 3. The molecule has 1 aromatic rings. The number of epoxide rings is 1. The van der Waals surface area contributed by atoms with Gasteiger partial charge in [-0.15, -0.1) is 0 Å². The van der Waals surface area contributed by atoms with Crippen LogP contribution in [-0.4, -0.2) is 73.9 Å². The molecular weight excluding hydrogens is 452 g/mol. The lowest BCUT2D eigenvalue weighted by molar-refractivity contribution is -0.443. The van der Waals surface area contributed by atoms with Crippen LogP contribution in [-0.2, 0) is 24.9 Å². The minimum absolute atomic E-state index is 0.158. The molecule has 8 heteroatoms. The van der Waals surface area contributed by atoms with E-state index in [9.17, 15) is 20.4 Å². The Morgan fingerprint density at radius 1 is 1.09 bits per heavy atom. The zero-order valence-electron chi connectivity index (χ0n) is 20.3. The Labute approximate surface area is 204 Å². The molecule has 1 aromatic carbocycles. The molecule has 0 aromatic heterocycles. The molecule has 13 atom stereocenters. The van der Waals surface area contributed by atoms with Crippen LogP contribution in [0, 0.1) is 23.7 Å². The number of aliphatic hydroxyl groups is 4. The highest BCUT2D eigenvalue weighted by atomic mass is 16.9. The van der Waals surface area contributed by atoms with Crippen LogP contribution in [0.1, 0.15) is 39.2 Å². The average molecular weight is 487 g/mol. The third-order valence-electron chi connectivity index (χ3n) is 10.4. The normalized spacial score (nSPS) is 59.4. The molecule has 35 heavy (non-hydrogen) atoms. The standard InChI is InChI=1S/C27H34O8/c1-13(2)23-11-15(4)26-17-10-14(3)19(29)25(17,31)22(30)24(12-28)21(32-24)18(26)20(23)33-27(34-23,35-26)16-8-6-5-7-9-16/h5-9,14-15,17-22,28-31H,1,10-12H2,2-4H3/t14-,15+,17+,18+,19-,20+,21-,22+,23+,24-,25+,26-,27?/m0/s1. The molecule has 8 nitrogen and oxygen atoms in total. The van der Waals surface area contributed by atoms with Crippen LogP contribution >= 0.6 is 0 Å². The van der Waals surface area contributed by atoms with Gasteiger partial charge >= 0.3 is 5.97 Å². The molecule has 6 fully saturated rings. The van der Waals surface area contributed by atoms with Crippen LogP contribution in [0.15, 0.2) is 42.5 Å². The van der Waals surface area contributed by atoms with Crippen molar-refractivity contribution in [1.29, 1.82) is 0 Å². The Morgan fingerprint density at radius 2 is 1.80 bits per heavy atom. The third-order valence-corrected chi connectivity index (χ3v) is 10.4. The molecule has 4 N–H and O–H groups in total. The van der Waals surface area contributed by atoms with Crippen molar-refractivity contribution in [3.05, 3.63) is 48.0 Å². The number of hydrogen-bond acceptors (Lipinski definition) is 8. The highest BCUT2D eigenvalue weighted by Gasteiger charge is 2.88. The first-order valence-corrected chi connectivity index (χ1v) is 12.7. The predicted molar refractivity (Wildman–Crippen MR) is 122 cm³/mol. The van der Waals surface area contributed by atoms with Gasteiger partial charge in [-0.1, -0.05) is 50.8 Å². The molecule has 3 saturated carbocycles. The van der Waals surface area contributed by atoms with E-state index in [2.05, 4.69) is 13.5 Å². The van der Waals surface area contributed by atoms with Crippen LogP contribution in [0.2, 0.25) is 0 Å². The summed E-state index contributed by atoms with van der Waals surface area (Å²) in [4.78, 5) is 0. The van der Waals surface area contributed by atoms with Gasteiger partial charge < -0.3 is 39.4 Å². The Hall–Kier alpha value is -1.36. The lowest BCUT2D eigenvalue weighted by atomic mass is 9.54. The van der Waals surface area contributed by atoms with Gasteiger partial charge in [-0.3, -0.25) is 0 Å². The van der Waals surface area contributed by atoms with Crippen LogP contribution in [0.25, 0.3) is 0 Å². The zero-order valence-corrected chi connectivity index (χ0v) is 20.3. The Morgan fingerprint density at radius 3 is 2.46 bits per heavy atom. The fraction of sp³-hybridized carbons (Fsp3) is 0.704. The highest BCUT2D eigenvalue weighted by molar-refractivity contribution is 5.38. The monoisotopic (exact) mass is 486 g/mol. The maximum Gasteiger partial charge on any atom is 0.313 e. The van der Waals surface area contributed by atoms with Crippen LogP contribution in [0.3, 0.4) is 0 Å². The minimum Gasteiger partial charge on any atom is -0.393 e. The molecule has 6 aliphatic rings. The lowest BCUT2D eigenvalue weighted by Gasteiger charge is -2.60. The van der Waals surface area contributed by atoms with E-state index in [0.717, 1.165) is 5.57 Å². The molecule has 7 rings (SSSR count). The van der Waals surface area contributed by atoms with E-state index in [0.29, 0.717) is 18.4 Å². The molecular formula is C27H34O8. The van der Waals surface area contributed by atoms with Crippen molar-refractivity contribution < 1.29 is 39.4 Å². The number of fused-ring (bicyclic) bond motifs is 3. The number of benzene rings is 1. The summed E-state index contributed by atoms with van der Waals surface area (Å²) in [7, 11) is 0. The quantitative estimate of drug-likeness (QED) is 0.372. The summed E-state index contributed by atoms with van der Waals surface area (Å²) in [5.74, 6) is -3.07. The van der Waals surface area contributed by atoms with Gasteiger partial charge in [0.15, 0.2) is 0 Å². The van der Waals surface area contributed by atoms with Crippen molar-refractivity contribution >= 4 is 0 Å². The topological polar surface area (TPSA) is 121 Å². The Kier molecular flexibility index (Phi) is 4.27. The molecule has 3 aliphatic heterocycles. The fourth-order valence-corrected chi connectivity index (χ4v) is 8.76. The SMILES string of the molecule is C=C(C)[C@]12C[C@@H](C)[C@@]34OC(c5ccccc5)(O[C@@H]1[C@@H]3[C@@H]1O[C@]1(CO)[C@@H](O)[C@@]1(O)[C@H]4C[C@H](C)[C@@H]1O)O2. The summed E-state index contributed by atoms with van der Waals surface area (Å²) in [6.45, 7) is 9.67. The molecule has 0 amide bonds. The summed E-state index contributed by atoms with van der Waals surface area (Å²) in [6.07, 6.45) is -2.88. The van der Waals surface area contributed by atoms with E-state index in [1.807, 2.05) is 44.2 Å². The number of hydrogen-bond donors (Lipinski definition) is 4. The van der Waals surface area contributed by atoms with E-state index in [-0.39, 0.29) is 11.8 Å². The van der Waals surface area contributed by atoms with Crippen molar-refractivity contribution in [3.63, 3.8) is 0 Å². The summed E-state index contributed by atoms with van der Waals surface area (Å²) in [5.41, 5.74) is -3.76. The van der Waals surface area contributed by atoms with Crippen molar-refractivity contribution in [2.45, 2.75) is 86.4 Å². The van der Waals surface area contributed by atoms with Gasteiger partial charge in [-0.25, -0.2) is 0 Å². The highest BCUT2D eigenvalue weighted by Crippen LogP contribution is 2.74. The van der Waals surface area contributed by atoms with Gasteiger partial charge in [0, 0.05) is 17.4 Å². The second-order valence-corrected chi connectivity index (χ2v) is 12.0. The molecule has 0 spiro atoms. The van der Waals surface area contributed by atoms with E-state index < -0.39 is 71.2 Å². The zero-order chi connectivity index (χ0) is 24.8. The van der Waals surface area contributed by atoms with E-state index >= 15 is 0 Å². The maximum absolute atomic E-state index is 12.2. The smallest absolute Gasteiger partial charge is 0.313 e. The van der Waals surface area contributed by atoms with Gasteiger partial charge in [-0.2, -0.15) is 0 Å². The molecule has 3 bridgehead atoms. The lowest BCUT2D eigenvalue weighted by Crippen LogP contribution is -2.72. The van der Waals surface area contributed by atoms with E-state index in [4.69, 9.17) is 18.9 Å². The van der Waals surface area contributed by atoms with Gasteiger partial charge in [0.2, 0.25) is 0 Å². The van der Waals surface area contributed by atoms with Crippen molar-refractivity contribution in [1.82, 2.24) is 0 Å². The van der Waals surface area contributed by atoms with Gasteiger partial charge in [0.1, 0.15) is 35.1 Å². The summed E-state index contributed by atoms with van der Waals surface area (Å²) < 4.78 is 26.7. The van der Waals surface area contributed by atoms with Crippen LogP contribution in [0.4, 0.5) is 0 Å². The molecule has 3 saturated heterocycles. The first-order chi connectivity index (χ1) is 16.5. The third kappa shape index (κ3) is 2.25. The molecule has 0 radical (unpaired) electrons. The van der Waals surface area contributed by atoms with E-state index in [1.165, 1.54) is 0 Å². The number of ether oxygens (including phenoxy) is 4. The first kappa shape index (κ1) is 22.8. The minimum atomic E-state index is -1.93. The molecule has 190 valence electrons. The van der Waals surface area contributed by atoms with Gasteiger partial charge in [0.05, 0.1) is 18.3 Å². The van der Waals surface area contributed by atoms with Crippen molar-refractivity contribution in [3.8, 4) is 0 Å². The average Bonchev–Trinajstić information content (AvgIpc) is 3.48. The first-order valence-electron chi connectivity index (χ1n) is 12.7. The maximum atomic E-state index is 12.2.